The maximum atomic E-state index is 5.40. The number of ether oxygens (including phenoxy) is 2. The highest BCUT2D eigenvalue weighted by atomic mass is 16.5. The van der Waals surface area contributed by atoms with Gasteiger partial charge in [0.1, 0.15) is 0 Å². The van der Waals surface area contributed by atoms with Crippen LogP contribution < -0.4 is 9.47 Å². The molecular weight excluding hydrogens is 254 g/mol. The van der Waals surface area contributed by atoms with E-state index >= 15 is 0 Å². The summed E-state index contributed by atoms with van der Waals surface area (Å²) in [5.41, 5.74) is 4.30. The van der Waals surface area contributed by atoms with Gasteiger partial charge < -0.3 is 9.47 Å². The monoisotopic (exact) mass is 271 g/mol. The van der Waals surface area contributed by atoms with Gasteiger partial charge in [-0.3, -0.25) is 9.67 Å². The zero-order valence-electron chi connectivity index (χ0n) is 11.9. The number of methoxy groups -OCH3 is 2. The Hall–Kier alpha value is -2.30. The van der Waals surface area contributed by atoms with Crippen LogP contribution in [0.5, 0.6) is 11.5 Å². The van der Waals surface area contributed by atoms with Gasteiger partial charge in [-0.15, -0.1) is 0 Å². The van der Waals surface area contributed by atoms with Crippen molar-refractivity contribution in [3.8, 4) is 11.5 Å². The summed E-state index contributed by atoms with van der Waals surface area (Å²) in [4.78, 5) is 4.66. The molecule has 0 atom stereocenters. The molecule has 5 heteroatoms. The van der Waals surface area contributed by atoms with Crippen LogP contribution in [0.15, 0.2) is 29.4 Å². The van der Waals surface area contributed by atoms with Gasteiger partial charge >= 0.3 is 0 Å². The topological polar surface area (TPSA) is 48.6 Å². The van der Waals surface area contributed by atoms with E-state index in [1.54, 1.807) is 20.4 Å². The highest BCUT2D eigenvalue weighted by molar-refractivity contribution is 6.13. The SMILES string of the molecule is COc1cc2c(cc1OC)C(c1ccnn1C)=NCC2. The average molecular weight is 271 g/mol. The Morgan fingerprint density at radius 1 is 1.15 bits per heavy atom. The van der Waals surface area contributed by atoms with Crippen molar-refractivity contribution in [2.24, 2.45) is 12.0 Å². The Labute approximate surface area is 117 Å². The molecule has 0 N–H and O–H groups in total. The quantitative estimate of drug-likeness (QED) is 0.855. The number of hydrogen-bond acceptors (Lipinski definition) is 4. The third-order valence-corrected chi connectivity index (χ3v) is 3.58. The predicted octanol–water partition coefficient (Wildman–Crippen LogP) is 1.83. The number of hydrogen-bond donors (Lipinski definition) is 0. The first-order valence-electron chi connectivity index (χ1n) is 6.52. The third kappa shape index (κ3) is 1.95. The van der Waals surface area contributed by atoms with E-state index in [2.05, 4.69) is 10.1 Å². The molecule has 3 rings (SSSR count). The smallest absolute Gasteiger partial charge is 0.161 e. The van der Waals surface area contributed by atoms with Crippen molar-refractivity contribution in [2.45, 2.75) is 6.42 Å². The molecule has 0 saturated carbocycles. The zero-order valence-corrected chi connectivity index (χ0v) is 11.9. The Balaban J connectivity index is 2.15. The number of aliphatic imine (C=N–C) groups is 1. The molecule has 0 amide bonds. The van der Waals surface area contributed by atoms with E-state index < -0.39 is 0 Å². The van der Waals surface area contributed by atoms with Crippen molar-refractivity contribution in [1.82, 2.24) is 9.78 Å². The molecule has 5 nitrogen and oxygen atoms in total. The van der Waals surface area contributed by atoms with Crippen LogP contribution in [0.4, 0.5) is 0 Å². The first-order valence-corrected chi connectivity index (χ1v) is 6.52. The van der Waals surface area contributed by atoms with Gasteiger partial charge in [0.25, 0.3) is 0 Å². The van der Waals surface area contributed by atoms with E-state index in [-0.39, 0.29) is 0 Å². The number of fused-ring (bicyclic) bond motifs is 1. The number of nitrogens with zero attached hydrogens (tertiary/aromatic N) is 3. The molecule has 1 aromatic heterocycles. The molecule has 2 heterocycles. The predicted molar refractivity (Wildman–Crippen MR) is 77.0 cm³/mol. The van der Waals surface area contributed by atoms with Crippen LogP contribution in [0.2, 0.25) is 0 Å². The molecule has 1 aromatic carbocycles. The van der Waals surface area contributed by atoms with E-state index in [1.165, 1.54) is 5.56 Å². The third-order valence-electron chi connectivity index (χ3n) is 3.58. The highest BCUT2D eigenvalue weighted by Crippen LogP contribution is 2.33. The van der Waals surface area contributed by atoms with Gasteiger partial charge in [-0.2, -0.15) is 5.10 Å². The Bertz CT molecular complexity index is 674. The molecule has 0 spiro atoms. The molecule has 1 aliphatic rings. The molecule has 1 aliphatic heterocycles. The van der Waals surface area contributed by atoms with E-state index in [1.807, 2.05) is 29.9 Å². The van der Waals surface area contributed by atoms with Crippen LogP contribution in [-0.2, 0) is 13.5 Å². The number of rotatable bonds is 3. The van der Waals surface area contributed by atoms with Gasteiger partial charge in [-0.25, -0.2) is 0 Å². The normalized spacial score (nSPS) is 13.7. The molecule has 0 aliphatic carbocycles. The summed E-state index contributed by atoms with van der Waals surface area (Å²) in [6.07, 6.45) is 2.70. The van der Waals surface area contributed by atoms with Crippen LogP contribution >= 0.6 is 0 Å². The summed E-state index contributed by atoms with van der Waals surface area (Å²) in [5.74, 6) is 1.49. The molecule has 104 valence electrons. The van der Waals surface area contributed by atoms with Crippen molar-refractivity contribution in [1.29, 1.82) is 0 Å². The summed E-state index contributed by atoms with van der Waals surface area (Å²) < 4.78 is 12.6. The second-order valence-electron chi connectivity index (χ2n) is 4.68. The summed E-state index contributed by atoms with van der Waals surface area (Å²) in [6, 6.07) is 6.02. The highest BCUT2D eigenvalue weighted by Gasteiger charge is 2.21. The van der Waals surface area contributed by atoms with Gasteiger partial charge in [-0.1, -0.05) is 0 Å². The molecule has 20 heavy (non-hydrogen) atoms. The van der Waals surface area contributed by atoms with E-state index in [4.69, 9.17) is 9.47 Å². The Kier molecular flexibility index (Phi) is 3.18. The lowest BCUT2D eigenvalue weighted by atomic mass is 9.95. The molecule has 0 fully saturated rings. The molecule has 0 radical (unpaired) electrons. The van der Waals surface area contributed by atoms with Crippen molar-refractivity contribution in [3.05, 3.63) is 41.2 Å². The fourth-order valence-electron chi connectivity index (χ4n) is 2.55. The number of benzene rings is 1. The Morgan fingerprint density at radius 3 is 2.55 bits per heavy atom. The van der Waals surface area contributed by atoms with Crippen molar-refractivity contribution in [3.63, 3.8) is 0 Å². The van der Waals surface area contributed by atoms with E-state index in [0.29, 0.717) is 0 Å². The van der Waals surface area contributed by atoms with Gasteiger partial charge in [0.15, 0.2) is 11.5 Å². The zero-order chi connectivity index (χ0) is 14.1. The largest absolute Gasteiger partial charge is 0.493 e. The maximum Gasteiger partial charge on any atom is 0.161 e. The second kappa shape index (κ2) is 5.00. The fraction of sp³-hybridized carbons (Fsp3) is 0.333. The van der Waals surface area contributed by atoms with Crippen molar-refractivity contribution >= 4 is 5.71 Å². The lowest BCUT2D eigenvalue weighted by Crippen LogP contribution is -2.17. The maximum absolute atomic E-state index is 5.40. The fourth-order valence-corrected chi connectivity index (χ4v) is 2.55. The van der Waals surface area contributed by atoms with Crippen LogP contribution in [0.1, 0.15) is 16.8 Å². The van der Waals surface area contributed by atoms with Crippen LogP contribution in [-0.4, -0.2) is 36.3 Å². The van der Waals surface area contributed by atoms with Gasteiger partial charge in [0.05, 0.1) is 25.6 Å². The van der Waals surface area contributed by atoms with Crippen LogP contribution in [0.3, 0.4) is 0 Å². The lowest BCUT2D eigenvalue weighted by molar-refractivity contribution is 0.354. The summed E-state index contributed by atoms with van der Waals surface area (Å²) in [6.45, 7) is 0.781. The number of aromatic nitrogens is 2. The van der Waals surface area contributed by atoms with Crippen molar-refractivity contribution < 1.29 is 9.47 Å². The van der Waals surface area contributed by atoms with Crippen molar-refractivity contribution in [2.75, 3.05) is 20.8 Å². The first kappa shape index (κ1) is 12.7. The second-order valence-corrected chi connectivity index (χ2v) is 4.68. The number of aryl methyl sites for hydroxylation is 1. The molecular formula is C15H17N3O2. The minimum Gasteiger partial charge on any atom is -0.493 e. The summed E-state index contributed by atoms with van der Waals surface area (Å²) in [5, 5.41) is 4.22. The Morgan fingerprint density at radius 2 is 1.90 bits per heavy atom. The van der Waals surface area contributed by atoms with E-state index in [9.17, 15) is 0 Å². The van der Waals surface area contributed by atoms with Gasteiger partial charge in [0, 0.05) is 25.4 Å². The average Bonchev–Trinajstić information content (AvgIpc) is 2.91. The molecule has 2 aromatic rings. The first-order chi connectivity index (χ1) is 9.74. The van der Waals surface area contributed by atoms with Crippen LogP contribution in [0, 0.1) is 0 Å². The van der Waals surface area contributed by atoms with Gasteiger partial charge in [0.2, 0.25) is 0 Å². The minimum absolute atomic E-state index is 0.725. The lowest BCUT2D eigenvalue weighted by Gasteiger charge is -2.19. The summed E-state index contributed by atoms with van der Waals surface area (Å²) in [7, 11) is 5.23. The summed E-state index contributed by atoms with van der Waals surface area (Å²) >= 11 is 0. The molecule has 0 unspecified atom stereocenters. The molecule has 0 saturated heterocycles. The van der Waals surface area contributed by atoms with E-state index in [0.717, 1.165) is 41.4 Å². The van der Waals surface area contributed by atoms with Gasteiger partial charge in [-0.05, 0) is 30.2 Å². The molecule has 0 bridgehead atoms. The minimum atomic E-state index is 0.725. The van der Waals surface area contributed by atoms with Crippen LogP contribution in [0.25, 0.3) is 0 Å². The standard InChI is InChI=1S/C15H17N3O2/c1-18-12(5-7-17-18)15-11-9-14(20-3)13(19-2)8-10(11)4-6-16-15/h5,7-9H,4,6H2,1-3H3.